The summed E-state index contributed by atoms with van der Waals surface area (Å²) in [5, 5.41) is 3.07. The Kier molecular flexibility index (Phi) is 4.70. The fourth-order valence-corrected chi connectivity index (χ4v) is 2.43. The maximum Gasteiger partial charge on any atom is 0.253 e. The number of likely N-dealkylation sites (N-methyl/N-ethyl adjacent to an activating group) is 1. The number of hydrazine groups is 1. The summed E-state index contributed by atoms with van der Waals surface area (Å²) in [5.74, 6) is 5.29. The van der Waals surface area contributed by atoms with Crippen molar-refractivity contribution in [1.82, 2.24) is 15.2 Å². The number of rotatable bonds is 4. The number of hydrogen-bond acceptors (Lipinski definition) is 5. The molecule has 0 saturated carbocycles. The molecule has 6 nitrogen and oxygen atoms in total. The van der Waals surface area contributed by atoms with E-state index in [-0.39, 0.29) is 11.9 Å². The Bertz CT molecular complexity index is 437. The lowest BCUT2D eigenvalue weighted by Gasteiger charge is -2.32. The maximum absolute atomic E-state index is 12.2. The second-order valence-corrected chi connectivity index (χ2v) is 4.77. The van der Waals surface area contributed by atoms with Crippen LogP contribution in [0, 0.1) is 0 Å². The highest BCUT2D eigenvalue weighted by molar-refractivity contribution is 5.99. The predicted octanol–water partition coefficient (Wildman–Crippen LogP) is 0.581. The maximum atomic E-state index is 12.2. The molecule has 2 rings (SSSR count). The van der Waals surface area contributed by atoms with E-state index in [2.05, 4.69) is 27.6 Å². The molecule has 1 unspecified atom stereocenters. The first-order chi connectivity index (χ1) is 9.24. The largest absolute Gasteiger partial charge is 0.348 e. The molecule has 1 fully saturated rings. The van der Waals surface area contributed by atoms with Gasteiger partial charge in [-0.2, -0.15) is 0 Å². The number of carbonyl (C=O) groups excluding carboxylic acids is 1. The Morgan fingerprint density at radius 2 is 2.47 bits per heavy atom. The van der Waals surface area contributed by atoms with E-state index in [1.54, 1.807) is 18.5 Å². The summed E-state index contributed by atoms with van der Waals surface area (Å²) >= 11 is 0. The molecule has 104 valence electrons. The van der Waals surface area contributed by atoms with Crippen molar-refractivity contribution in [3.63, 3.8) is 0 Å². The molecule has 4 N–H and O–H groups in total. The van der Waals surface area contributed by atoms with Crippen LogP contribution in [-0.2, 0) is 0 Å². The van der Waals surface area contributed by atoms with Gasteiger partial charge in [-0.15, -0.1) is 0 Å². The first-order valence-electron chi connectivity index (χ1n) is 6.68. The van der Waals surface area contributed by atoms with Crippen molar-refractivity contribution in [3.05, 3.63) is 24.0 Å². The first-order valence-corrected chi connectivity index (χ1v) is 6.68. The number of amides is 1. The molecule has 0 aromatic carbocycles. The zero-order chi connectivity index (χ0) is 13.7. The number of nitrogens with two attached hydrogens (primary N) is 1. The van der Waals surface area contributed by atoms with E-state index >= 15 is 0 Å². The highest BCUT2D eigenvalue weighted by atomic mass is 16.1. The van der Waals surface area contributed by atoms with Crippen molar-refractivity contribution in [3.8, 4) is 0 Å². The third-order valence-corrected chi connectivity index (χ3v) is 3.51. The molecule has 1 aromatic heterocycles. The molecule has 19 heavy (non-hydrogen) atoms. The lowest BCUT2D eigenvalue weighted by atomic mass is 10.1. The Morgan fingerprint density at radius 3 is 3.21 bits per heavy atom. The smallest absolute Gasteiger partial charge is 0.253 e. The lowest BCUT2D eigenvalue weighted by molar-refractivity contribution is 0.0906. The van der Waals surface area contributed by atoms with Gasteiger partial charge in [0.05, 0.1) is 17.4 Å². The Balaban J connectivity index is 2.00. The number of likely N-dealkylation sites (tertiary alicyclic amines) is 1. The van der Waals surface area contributed by atoms with Gasteiger partial charge >= 0.3 is 0 Å². The summed E-state index contributed by atoms with van der Waals surface area (Å²) in [6.07, 6.45) is 5.29. The highest BCUT2D eigenvalue weighted by Gasteiger charge is 2.21. The third kappa shape index (κ3) is 3.42. The minimum atomic E-state index is -0.0988. The average molecular weight is 263 g/mol. The number of aromatic nitrogens is 1. The summed E-state index contributed by atoms with van der Waals surface area (Å²) in [6, 6.07) is 1.88. The molecular formula is C13H21N5O. The molecule has 1 aliphatic rings. The molecule has 6 heteroatoms. The number of pyridine rings is 1. The highest BCUT2D eigenvalue weighted by Crippen LogP contribution is 2.14. The molecule has 2 heterocycles. The zero-order valence-electron chi connectivity index (χ0n) is 11.2. The Hall–Kier alpha value is -1.66. The summed E-state index contributed by atoms with van der Waals surface area (Å²) in [4.78, 5) is 18.5. The molecule has 0 aliphatic carbocycles. The fraction of sp³-hybridized carbons (Fsp3) is 0.538. The number of anilines is 1. The minimum Gasteiger partial charge on any atom is -0.348 e. The van der Waals surface area contributed by atoms with Crippen molar-refractivity contribution in [2.24, 2.45) is 5.84 Å². The van der Waals surface area contributed by atoms with Crippen LogP contribution < -0.4 is 16.6 Å². The fourth-order valence-electron chi connectivity index (χ4n) is 2.43. The van der Waals surface area contributed by atoms with Crippen LogP contribution >= 0.6 is 0 Å². The predicted molar refractivity (Wildman–Crippen MR) is 74.6 cm³/mol. The third-order valence-electron chi connectivity index (χ3n) is 3.51. The van der Waals surface area contributed by atoms with Crippen molar-refractivity contribution in [2.75, 3.05) is 25.1 Å². The molecule has 0 bridgehead atoms. The van der Waals surface area contributed by atoms with Gasteiger partial charge in [0.15, 0.2) is 0 Å². The topological polar surface area (TPSA) is 83.3 Å². The zero-order valence-corrected chi connectivity index (χ0v) is 11.2. The lowest BCUT2D eigenvalue weighted by Crippen LogP contribution is -2.47. The summed E-state index contributed by atoms with van der Waals surface area (Å²) < 4.78 is 0. The van der Waals surface area contributed by atoms with E-state index in [1.165, 1.54) is 0 Å². The van der Waals surface area contributed by atoms with Crippen LogP contribution in [0.3, 0.4) is 0 Å². The van der Waals surface area contributed by atoms with Gasteiger partial charge in [0, 0.05) is 18.8 Å². The van der Waals surface area contributed by atoms with Crippen LogP contribution in [0.15, 0.2) is 18.5 Å². The van der Waals surface area contributed by atoms with E-state index in [4.69, 9.17) is 5.84 Å². The molecule has 1 aliphatic heterocycles. The number of piperidine rings is 1. The second-order valence-electron chi connectivity index (χ2n) is 4.77. The van der Waals surface area contributed by atoms with Gasteiger partial charge in [-0.25, -0.2) is 0 Å². The van der Waals surface area contributed by atoms with E-state index in [9.17, 15) is 4.79 Å². The van der Waals surface area contributed by atoms with Crippen LogP contribution in [0.5, 0.6) is 0 Å². The van der Waals surface area contributed by atoms with Crippen LogP contribution in [0.25, 0.3) is 0 Å². The molecule has 1 amide bonds. The number of hydrogen-bond donors (Lipinski definition) is 3. The average Bonchev–Trinajstić information content (AvgIpc) is 2.47. The Labute approximate surface area is 113 Å². The van der Waals surface area contributed by atoms with Gasteiger partial charge < -0.3 is 15.6 Å². The van der Waals surface area contributed by atoms with Gasteiger partial charge in [-0.3, -0.25) is 15.6 Å². The van der Waals surface area contributed by atoms with Crippen molar-refractivity contribution in [2.45, 2.75) is 25.8 Å². The Morgan fingerprint density at radius 1 is 1.63 bits per heavy atom. The van der Waals surface area contributed by atoms with E-state index in [0.717, 1.165) is 32.5 Å². The standard InChI is InChI=1S/C13H21N5O/c1-2-18-7-3-4-10(9-18)16-13(19)11-5-6-15-8-12(11)17-14/h5-6,8,10,17H,2-4,7,9,14H2,1H3,(H,16,19). The van der Waals surface area contributed by atoms with Crippen molar-refractivity contribution < 1.29 is 4.79 Å². The molecule has 1 saturated heterocycles. The first kappa shape index (κ1) is 13.8. The van der Waals surface area contributed by atoms with E-state index in [0.29, 0.717) is 11.3 Å². The van der Waals surface area contributed by atoms with Gasteiger partial charge in [0.1, 0.15) is 0 Å². The van der Waals surface area contributed by atoms with Gasteiger partial charge in [-0.1, -0.05) is 6.92 Å². The summed E-state index contributed by atoms with van der Waals surface area (Å²) in [6.45, 7) is 5.20. The van der Waals surface area contributed by atoms with E-state index in [1.807, 2.05) is 0 Å². The van der Waals surface area contributed by atoms with Crippen molar-refractivity contribution >= 4 is 11.6 Å². The van der Waals surface area contributed by atoms with Crippen LogP contribution in [0.2, 0.25) is 0 Å². The molecule has 0 spiro atoms. The van der Waals surface area contributed by atoms with Crippen LogP contribution in [0.4, 0.5) is 5.69 Å². The van der Waals surface area contributed by atoms with Crippen LogP contribution in [0.1, 0.15) is 30.1 Å². The number of nitrogens with zero attached hydrogens (tertiary/aromatic N) is 2. The van der Waals surface area contributed by atoms with Gasteiger partial charge in [-0.05, 0) is 32.0 Å². The molecule has 0 radical (unpaired) electrons. The monoisotopic (exact) mass is 263 g/mol. The van der Waals surface area contributed by atoms with Crippen LogP contribution in [-0.4, -0.2) is 41.5 Å². The SMILES string of the molecule is CCN1CCCC(NC(=O)c2ccncc2NN)C1. The molecule has 1 atom stereocenters. The quantitative estimate of drug-likeness (QED) is 0.547. The molecular weight excluding hydrogens is 242 g/mol. The summed E-state index contributed by atoms with van der Waals surface area (Å²) in [7, 11) is 0. The second kappa shape index (κ2) is 6.49. The minimum absolute atomic E-state index is 0.0988. The van der Waals surface area contributed by atoms with E-state index < -0.39 is 0 Å². The number of carbonyl (C=O) groups is 1. The summed E-state index contributed by atoms with van der Waals surface area (Å²) in [5.41, 5.74) is 3.58. The van der Waals surface area contributed by atoms with Crippen molar-refractivity contribution in [1.29, 1.82) is 0 Å². The normalized spacial score (nSPS) is 20.0. The van der Waals surface area contributed by atoms with Gasteiger partial charge in [0.2, 0.25) is 0 Å². The number of nitrogen functional groups attached to an aromatic ring is 1. The van der Waals surface area contributed by atoms with Gasteiger partial charge in [0.25, 0.3) is 5.91 Å². The number of nitrogens with one attached hydrogen (secondary N) is 2. The molecule has 1 aromatic rings.